The first-order chi connectivity index (χ1) is 12.5. The molecule has 0 fully saturated rings. The van der Waals surface area contributed by atoms with Crippen LogP contribution in [0, 0.1) is 0 Å². The Hall–Kier alpha value is -2.86. The molecule has 1 aliphatic heterocycles. The van der Waals surface area contributed by atoms with Crippen molar-refractivity contribution < 1.29 is 13.2 Å². The third-order valence-electron chi connectivity index (χ3n) is 4.66. The maximum atomic E-state index is 13.0. The van der Waals surface area contributed by atoms with Crippen molar-refractivity contribution in [1.82, 2.24) is 5.32 Å². The largest absolute Gasteiger partial charge is 0.350 e. The number of hydrogen-bond donors (Lipinski definition) is 1. The lowest BCUT2D eigenvalue weighted by atomic mass is 10.1. The molecule has 4 rings (SSSR count). The number of amides is 1. The van der Waals surface area contributed by atoms with Gasteiger partial charge in [0.2, 0.25) is 5.91 Å². The zero-order valence-electron chi connectivity index (χ0n) is 14.2. The van der Waals surface area contributed by atoms with Crippen molar-refractivity contribution in [3.05, 3.63) is 72.3 Å². The van der Waals surface area contributed by atoms with Gasteiger partial charge < -0.3 is 5.32 Å². The molecule has 0 unspecified atom stereocenters. The normalized spacial score (nSPS) is 15.8. The number of rotatable bonds is 4. The molecule has 3 aromatic carbocycles. The Kier molecular flexibility index (Phi) is 3.92. The summed E-state index contributed by atoms with van der Waals surface area (Å²) in [5.74, 6) is -0.331. The van der Waals surface area contributed by atoms with Crippen LogP contribution < -0.4 is 9.62 Å². The number of nitrogens with one attached hydrogen (secondary N) is 1. The van der Waals surface area contributed by atoms with Crippen LogP contribution in [0.25, 0.3) is 10.8 Å². The number of hydrogen-bond acceptors (Lipinski definition) is 3. The summed E-state index contributed by atoms with van der Waals surface area (Å²) in [4.78, 5) is 12.9. The average Bonchev–Trinajstić information content (AvgIpc) is 2.89. The third kappa shape index (κ3) is 2.54. The second-order valence-electron chi connectivity index (χ2n) is 6.31. The Labute approximate surface area is 152 Å². The number of carbonyl (C=O) groups excluding carboxylic acids is 1. The molecule has 5 nitrogen and oxygen atoms in total. The minimum Gasteiger partial charge on any atom is -0.350 e. The van der Waals surface area contributed by atoms with Crippen LogP contribution >= 0.6 is 0 Å². The van der Waals surface area contributed by atoms with Gasteiger partial charge in [0.15, 0.2) is 0 Å². The fraction of sp³-hybridized carbons (Fsp3) is 0.150. The molecule has 0 aromatic heterocycles. The zero-order chi connectivity index (χ0) is 18.3. The van der Waals surface area contributed by atoms with E-state index in [1.54, 1.807) is 25.1 Å². The predicted octanol–water partition coefficient (Wildman–Crippen LogP) is 3.05. The van der Waals surface area contributed by atoms with Crippen molar-refractivity contribution in [3.8, 4) is 0 Å². The summed E-state index contributed by atoms with van der Waals surface area (Å²) in [5.41, 5.74) is 1.52. The molecule has 0 saturated carbocycles. The van der Waals surface area contributed by atoms with E-state index in [9.17, 15) is 13.2 Å². The second-order valence-corrected chi connectivity index (χ2v) is 8.09. The van der Waals surface area contributed by atoms with Gasteiger partial charge in [-0.2, -0.15) is 0 Å². The summed E-state index contributed by atoms with van der Waals surface area (Å²) < 4.78 is 27.3. The van der Waals surface area contributed by atoms with Crippen LogP contribution in [-0.2, 0) is 21.4 Å². The van der Waals surface area contributed by atoms with E-state index in [0.29, 0.717) is 17.6 Å². The van der Waals surface area contributed by atoms with Crippen LogP contribution in [0.15, 0.2) is 71.6 Å². The minimum atomic E-state index is -3.75. The highest BCUT2D eigenvalue weighted by Gasteiger charge is 2.40. The topological polar surface area (TPSA) is 66.5 Å². The molecule has 0 radical (unpaired) electrons. The molecule has 0 bridgehead atoms. The van der Waals surface area contributed by atoms with Gasteiger partial charge in [0.05, 0.1) is 10.6 Å². The molecule has 1 heterocycles. The molecule has 1 amide bonds. The van der Waals surface area contributed by atoms with E-state index in [0.717, 1.165) is 10.9 Å². The first-order valence-electron chi connectivity index (χ1n) is 8.38. The molecular formula is C20H18N2O3S. The average molecular weight is 366 g/mol. The molecule has 132 valence electrons. The van der Waals surface area contributed by atoms with Crippen molar-refractivity contribution in [3.63, 3.8) is 0 Å². The second kappa shape index (κ2) is 6.14. The van der Waals surface area contributed by atoms with Gasteiger partial charge in [0.1, 0.15) is 6.04 Å². The van der Waals surface area contributed by atoms with Crippen LogP contribution in [-0.4, -0.2) is 20.4 Å². The van der Waals surface area contributed by atoms with Gasteiger partial charge in [0, 0.05) is 11.9 Å². The monoisotopic (exact) mass is 366 g/mol. The van der Waals surface area contributed by atoms with Gasteiger partial charge in [-0.05, 0) is 30.0 Å². The summed E-state index contributed by atoms with van der Waals surface area (Å²) in [7, 11) is -3.75. The van der Waals surface area contributed by atoms with Crippen LogP contribution in [0.4, 0.5) is 5.69 Å². The Bertz CT molecular complexity index is 1090. The van der Waals surface area contributed by atoms with Crippen LogP contribution in [0.3, 0.4) is 0 Å². The summed E-state index contributed by atoms with van der Waals surface area (Å²) in [6.45, 7) is 1.97. The lowest BCUT2D eigenvalue weighted by Crippen LogP contribution is -2.46. The molecule has 26 heavy (non-hydrogen) atoms. The Morgan fingerprint density at radius 1 is 1.00 bits per heavy atom. The van der Waals surface area contributed by atoms with Gasteiger partial charge in [0.25, 0.3) is 10.0 Å². The maximum Gasteiger partial charge on any atom is 0.265 e. The molecule has 0 saturated heterocycles. The zero-order valence-corrected chi connectivity index (χ0v) is 15.0. The lowest BCUT2D eigenvalue weighted by Gasteiger charge is -2.25. The van der Waals surface area contributed by atoms with Gasteiger partial charge >= 0.3 is 0 Å². The van der Waals surface area contributed by atoms with E-state index < -0.39 is 16.1 Å². The molecule has 1 atom stereocenters. The van der Waals surface area contributed by atoms with Crippen molar-refractivity contribution in [1.29, 1.82) is 0 Å². The van der Waals surface area contributed by atoms with Crippen molar-refractivity contribution in [2.24, 2.45) is 0 Å². The molecule has 3 aromatic rings. The predicted molar refractivity (Wildman–Crippen MR) is 101 cm³/mol. The van der Waals surface area contributed by atoms with Crippen molar-refractivity contribution in [2.45, 2.75) is 24.4 Å². The van der Waals surface area contributed by atoms with E-state index in [1.807, 2.05) is 48.5 Å². The molecule has 1 aliphatic rings. The smallest absolute Gasteiger partial charge is 0.265 e. The molecule has 6 heteroatoms. The first-order valence-corrected chi connectivity index (χ1v) is 9.82. The maximum absolute atomic E-state index is 13.0. The Morgan fingerprint density at radius 3 is 2.42 bits per heavy atom. The van der Waals surface area contributed by atoms with Gasteiger partial charge in [-0.25, -0.2) is 8.42 Å². The highest BCUT2D eigenvalue weighted by atomic mass is 32.2. The van der Waals surface area contributed by atoms with Crippen LogP contribution in [0.5, 0.6) is 0 Å². The SMILES string of the molecule is C[C@H](C(=O)NCc1ccccc1)N1c2cccc3cccc(c23)S1(=O)=O. The minimum absolute atomic E-state index is 0.258. The highest BCUT2D eigenvalue weighted by Crippen LogP contribution is 2.43. The van der Waals surface area contributed by atoms with E-state index in [2.05, 4.69) is 5.32 Å². The van der Waals surface area contributed by atoms with E-state index >= 15 is 0 Å². The molecular weight excluding hydrogens is 348 g/mol. The number of carbonyl (C=O) groups is 1. The van der Waals surface area contributed by atoms with Crippen molar-refractivity contribution >= 4 is 32.4 Å². The Morgan fingerprint density at radius 2 is 1.69 bits per heavy atom. The summed E-state index contributed by atoms with van der Waals surface area (Å²) in [5, 5.41) is 4.36. The number of benzene rings is 3. The van der Waals surface area contributed by atoms with Gasteiger partial charge in [-0.3, -0.25) is 9.10 Å². The molecule has 0 spiro atoms. The third-order valence-corrected chi connectivity index (χ3v) is 6.59. The van der Waals surface area contributed by atoms with Gasteiger partial charge in [-0.1, -0.05) is 54.6 Å². The highest BCUT2D eigenvalue weighted by molar-refractivity contribution is 7.93. The fourth-order valence-corrected chi connectivity index (χ4v) is 5.24. The van der Waals surface area contributed by atoms with E-state index in [4.69, 9.17) is 0 Å². The number of anilines is 1. The Balaban J connectivity index is 1.65. The summed E-state index contributed by atoms with van der Waals surface area (Å²) >= 11 is 0. The lowest BCUT2D eigenvalue weighted by molar-refractivity contribution is -0.122. The van der Waals surface area contributed by atoms with Crippen LogP contribution in [0.2, 0.25) is 0 Å². The quantitative estimate of drug-likeness (QED) is 0.772. The van der Waals surface area contributed by atoms with Crippen molar-refractivity contribution in [2.75, 3.05) is 4.31 Å². The number of sulfonamides is 1. The van der Waals surface area contributed by atoms with E-state index in [-0.39, 0.29) is 10.8 Å². The standard InChI is InChI=1S/C20H18N2O3S/c1-14(20(23)21-13-15-7-3-2-4-8-15)22-17-11-5-9-16-10-6-12-18(19(16)17)26(22,24)25/h2-12,14H,13H2,1H3,(H,21,23)/t14-/m1/s1. The van der Waals surface area contributed by atoms with Gasteiger partial charge in [-0.15, -0.1) is 0 Å². The number of nitrogens with zero attached hydrogens (tertiary/aromatic N) is 1. The fourth-order valence-electron chi connectivity index (χ4n) is 3.38. The van der Waals surface area contributed by atoms with Crippen LogP contribution in [0.1, 0.15) is 12.5 Å². The van der Waals surface area contributed by atoms with E-state index in [1.165, 1.54) is 4.31 Å². The first kappa shape index (κ1) is 16.6. The molecule has 1 N–H and O–H groups in total. The summed E-state index contributed by atoms with van der Waals surface area (Å²) in [6, 6.07) is 19.3. The summed E-state index contributed by atoms with van der Waals surface area (Å²) in [6.07, 6.45) is 0. The molecule has 0 aliphatic carbocycles.